The molecule has 0 spiro atoms. The van der Waals surface area contributed by atoms with Crippen LogP contribution < -0.4 is 10.6 Å². The first-order valence-corrected chi connectivity index (χ1v) is 9.21. The van der Waals surface area contributed by atoms with Crippen molar-refractivity contribution in [3.8, 4) is 0 Å². The van der Waals surface area contributed by atoms with Gasteiger partial charge in [-0.1, -0.05) is 30.3 Å². The molecule has 0 aliphatic carbocycles. The van der Waals surface area contributed by atoms with E-state index in [0.29, 0.717) is 0 Å². The molecule has 126 valence electrons. The number of anilines is 2. The maximum absolute atomic E-state index is 5.76. The Labute approximate surface area is 145 Å². The summed E-state index contributed by atoms with van der Waals surface area (Å²) in [6.45, 7) is 4.80. The number of nitrogens with zero attached hydrogens (tertiary/aromatic N) is 2. The number of likely N-dealkylation sites (tertiary alicyclic amines) is 1. The molecule has 0 aromatic heterocycles. The number of fused-ring (bicyclic) bond motifs is 1. The third kappa shape index (κ3) is 3.27. The molecule has 2 aliphatic rings. The van der Waals surface area contributed by atoms with Gasteiger partial charge in [0, 0.05) is 43.6 Å². The van der Waals surface area contributed by atoms with Gasteiger partial charge in [-0.25, -0.2) is 0 Å². The number of nitrogen functional groups attached to an aromatic ring is 1. The van der Waals surface area contributed by atoms with Gasteiger partial charge in [-0.2, -0.15) is 0 Å². The fraction of sp³-hybridized carbons (Fsp3) is 0.429. The van der Waals surface area contributed by atoms with E-state index in [9.17, 15) is 0 Å². The van der Waals surface area contributed by atoms with E-state index in [2.05, 4.69) is 46.2 Å². The summed E-state index contributed by atoms with van der Waals surface area (Å²) < 4.78 is 0. The quantitative estimate of drug-likeness (QED) is 0.877. The van der Waals surface area contributed by atoms with Crippen molar-refractivity contribution in [2.24, 2.45) is 0 Å². The molecular weight excluding hydrogens is 294 g/mol. The van der Waals surface area contributed by atoms with Crippen molar-refractivity contribution in [1.82, 2.24) is 4.90 Å². The Morgan fingerprint density at radius 2 is 1.67 bits per heavy atom. The van der Waals surface area contributed by atoms with Crippen molar-refractivity contribution in [1.29, 1.82) is 0 Å². The smallest absolute Gasteiger partial charge is 0.0402 e. The van der Waals surface area contributed by atoms with Crippen LogP contribution in [0.4, 0.5) is 11.4 Å². The van der Waals surface area contributed by atoms with Gasteiger partial charge in [0.2, 0.25) is 0 Å². The summed E-state index contributed by atoms with van der Waals surface area (Å²) in [5.41, 5.74) is 11.0. The molecule has 2 aliphatic heterocycles. The molecule has 0 bridgehead atoms. The Morgan fingerprint density at radius 3 is 2.46 bits per heavy atom. The van der Waals surface area contributed by atoms with Crippen LogP contribution in [0.5, 0.6) is 0 Å². The number of hydrogen-bond donors (Lipinski definition) is 1. The minimum atomic E-state index is 0.724. The van der Waals surface area contributed by atoms with Gasteiger partial charge in [0.25, 0.3) is 0 Å². The van der Waals surface area contributed by atoms with Gasteiger partial charge in [0.15, 0.2) is 0 Å². The zero-order valence-corrected chi connectivity index (χ0v) is 14.3. The summed E-state index contributed by atoms with van der Waals surface area (Å²) in [4.78, 5) is 5.28. The van der Waals surface area contributed by atoms with Crippen molar-refractivity contribution in [3.05, 3.63) is 59.7 Å². The van der Waals surface area contributed by atoms with Crippen molar-refractivity contribution < 1.29 is 0 Å². The third-order valence-corrected chi connectivity index (χ3v) is 5.62. The van der Waals surface area contributed by atoms with Crippen molar-refractivity contribution in [3.63, 3.8) is 0 Å². The summed E-state index contributed by atoms with van der Waals surface area (Å²) >= 11 is 0. The second-order valence-corrected chi connectivity index (χ2v) is 7.14. The van der Waals surface area contributed by atoms with Gasteiger partial charge in [-0.05, 0) is 55.0 Å². The highest BCUT2D eigenvalue weighted by Crippen LogP contribution is 2.32. The van der Waals surface area contributed by atoms with E-state index >= 15 is 0 Å². The second kappa shape index (κ2) is 6.86. The van der Waals surface area contributed by atoms with E-state index in [1.165, 1.54) is 55.7 Å². The third-order valence-electron chi connectivity index (χ3n) is 5.62. The van der Waals surface area contributed by atoms with Crippen LogP contribution in [0.1, 0.15) is 24.0 Å². The standard InChI is InChI=1S/C21H27N3/c22-19-7-5-17(6-8-19)9-13-23-14-11-20(12-15-23)24-16-10-18-3-1-2-4-21(18)24/h1-8,20H,9-16,22H2. The van der Waals surface area contributed by atoms with E-state index in [1.807, 2.05) is 12.1 Å². The lowest BCUT2D eigenvalue weighted by molar-refractivity contribution is 0.212. The van der Waals surface area contributed by atoms with Gasteiger partial charge < -0.3 is 15.5 Å². The van der Waals surface area contributed by atoms with Crippen LogP contribution >= 0.6 is 0 Å². The lowest BCUT2D eigenvalue weighted by atomic mass is 10.0. The zero-order valence-electron chi connectivity index (χ0n) is 14.3. The molecule has 24 heavy (non-hydrogen) atoms. The number of piperidine rings is 1. The molecule has 3 nitrogen and oxygen atoms in total. The Morgan fingerprint density at radius 1 is 0.917 bits per heavy atom. The van der Waals surface area contributed by atoms with Gasteiger partial charge in [0.1, 0.15) is 0 Å². The Kier molecular flexibility index (Phi) is 4.44. The summed E-state index contributed by atoms with van der Waals surface area (Å²) in [5, 5.41) is 0. The first kappa shape index (κ1) is 15.5. The van der Waals surface area contributed by atoms with Gasteiger partial charge in [-0.15, -0.1) is 0 Å². The molecule has 0 atom stereocenters. The van der Waals surface area contributed by atoms with Crippen LogP contribution in [0.3, 0.4) is 0 Å². The lowest BCUT2D eigenvalue weighted by Gasteiger charge is -2.38. The molecule has 2 N–H and O–H groups in total. The first-order chi connectivity index (χ1) is 11.8. The summed E-state index contributed by atoms with van der Waals surface area (Å²) in [7, 11) is 0. The number of benzene rings is 2. The van der Waals surface area contributed by atoms with Gasteiger partial charge in [0.05, 0.1) is 0 Å². The molecular formula is C21H27N3. The van der Waals surface area contributed by atoms with E-state index < -0.39 is 0 Å². The number of nitrogens with two attached hydrogens (primary N) is 1. The lowest BCUT2D eigenvalue weighted by Crippen LogP contribution is -2.44. The van der Waals surface area contributed by atoms with Crippen molar-refractivity contribution >= 4 is 11.4 Å². The molecule has 0 unspecified atom stereocenters. The van der Waals surface area contributed by atoms with E-state index in [4.69, 9.17) is 5.73 Å². The second-order valence-electron chi connectivity index (χ2n) is 7.14. The molecule has 0 saturated carbocycles. The van der Waals surface area contributed by atoms with Crippen LogP contribution in [-0.2, 0) is 12.8 Å². The van der Waals surface area contributed by atoms with Gasteiger partial charge >= 0.3 is 0 Å². The molecule has 4 rings (SSSR count). The largest absolute Gasteiger partial charge is 0.399 e. The predicted molar refractivity (Wildman–Crippen MR) is 102 cm³/mol. The van der Waals surface area contributed by atoms with Crippen LogP contribution in [0.25, 0.3) is 0 Å². The normalized spacial score (nSPS) is 18.8. The van der Waals surface area contributed by atoms with Gasteiger partial charge in [-0.3, -0.25) is 0 Å². The summed E-state index contributed by atoms with van der Waals surface area (Å²) in [6.07, 6.45) is 4.91. The molecule has 0 amide bonds. The molecule has 2 aromatic carbocycles. The molecule has 0 radical (unpaired) electrons. The highest BCUT2D eigenvalue weighted by molar-refractivity contribution is 5.58. The topological polar surface area (TPSA) is 32.5 Å². The minimum absolute atomic E-state index is 0.724. The maximum atomic E-state index is 5.76. The fourth-order valence-corrected chi connectivity index (χ4v) is 4.17. The van der Waals surface area contributed by atoms with E-state index in [1.54, 1.807) is 0 Å². The zero-order chi connectivity index (χ0) is 16.4. The Hall–Kier alpha value is -2.00. The molecule has 2 aromatic rings. The average molecular weight is 321 g/mol. The van der Waals surface area contributed by atoms with Crippen LogP contribution in [-0.4, -0.2) is 37.1 Å². The number of rotatable bonds is 4. The molecule has 1 fully saturated rings. The van der Waals surface area contributed by atoms with Crippen LogP contribution in [0.15, 0.2) is 48.5 Å². The fourth-order valence-electron chi connectivity index (χ4n) is 4.17. The first-order valence-electron chi connectivity index (χ1n) is 9.21. The minimum Gasteiger partial charge on any atom is -0.399 e. The molecule has 2 heterocycles. The average Bonchev–Trinajstić information content (AvgIpc) is 3.06. The maximum Gasteiger partial charge on any atom is 0.0402 e. The number of para-hydroxylation sites is 1. The highest BCUT2D eigenvalue weighted by atomic mass is 15.2. The monoisotopic (exact) mass is 321 g/mol. The summed E-state index contributed by atoms with van der Waals surface area (Å²) in [6, 6.07) is 18.0. The van der Waals surface area contributed by atoms with Crippen molar-refractivity contribution in [2.45, 2.75) is 31.7 Å². The number of hydrogen-bond acceptors (Lipinski definition) is 3. The summed E-state index contributed by atoms with van der Waals surface area (Å²) in [5.74, 6) is 0. The predicted octanol–water partition coefficient (Wildman–Crippen LogP) is 3.34. The SMILES string of the molecule is Nc1ccc(CCN2CCC(N3CCc4ccccc43)CC2)cc1. The Balaban J connectivity index is 1.29. The molecule has 3 heteroatoms. The highest BCUT2D eigenvalue weighted by Gasteiger charge is 2.28. The van der Waals surface area contributed by atoms with Crippen molar-refractivity contribution in [2.75, 3.05) is 36.8 Å². The van der Waals surface area contributed by atoms with E-state index in [-0.39, 0.29) is 0 Å². The van der Waals surface area contributed by atoms with E-state index in [0.717, 1.165) is 24.7 Å². The van der Waals surface area contributed by atoms with Crippen LogP contribution in [0, 0.1) is 0 Å². The molecule has 1 saturated heterocycles. The van der Waals surface area contributed by atoms with Crippen LogP contribution in [0.2, 0.25) is 0 Å². The Bertz CT molecular complexity index is 672.